The molecule has 0 spiro atoms. The zero-order valence-electron chi connectivity index (χ0n) is 8.78. The molecule has 1 amide bonds. The predicted octanol–water partition coefficient (Wildman–Crippen LogP) is 1.16. The van der Waals surface area contributed by atoms with Crippen LogP contribution in [-0.4, -0.2) is 34.6 Å². The van der Waals surface area contributed by atoms with Crippen LogP contribution in [0.4, 0.5) is 0 Å². The number of β-amino-alcohol motifs (C(OH)–C–C–N with tert-alkyl or cyclic N) is 1. The maximum atomic E-state index is 11.8. The van der Waals surface area contributed by atoms with E-state index in [0.29, 0.717) is 24.9 Å². The van der Waals surface area contributed by atoms with Gasteiger partial charge in [-0.3, -0.25) is 4.79 Å². The Morgan fingerprint density at radius 2 is 2.07 bits per heavy atom. The van der Waals surface area contributed by atoms with Crippen LogP contribution < -0.4 is 0 Å². The third kappa shape index (κ3) is 2.27. The summed E-state index contributed by atoms with van der Waals surface area (Å²) in [6.45, 7) is 2.63. The second-order valence-electron chi connectivity index (χ2n) is 4.77. The Hall–Kier alpha value is -0.570. The lowest BCUT2D eigenvalue weighted by Gasteiger charge is -2.36. The SMILES string of the molecule is CC1CCC(O)CN1C(=O)CC1CC1. The number of carbonyl (C=O) groups is 1. The van der Waals surface area contributed by atoms with Gasteiger partial charge in [0.2, 0.25) is 5.91 Å². The zero-order valence-corrected chi connectivity index (χ0v) is 8.78. The van der Waals surface area contributed by atoms with Crippen molar-refractivity contribution in [2.75, 3.05) is 6.54 Å². The molecule has 0 radical (unpaired) electrons. The number of amides is 1. The van der Waals surface area contributed by atoms with Gasteiger partial charge in [0, 0.05) is 19.0 Å². The van der Waals surface area contributed by atoms with E-state index in [1.807, 2.05) is 4.90 Å². The number of hydrogen-bond acceptors (Lipinski definition) is 2. The van der Waals surface area contributed by atoms with Crippen LogP contribution in [0.1, 0.15) is 39.0 Å². The van der Waals surface area contributed by atoms with Crippen LogP contribution in [0.25, 0.3) is 0 Å². The summed E-state index contributed by atoms with van der Waals surface area (Å²) in [6, 6.07) is 0.324. The fourth-order valence-electron chi connectivity index (χ4n) is 2.12. The van der Waals surface area contributed by atoms with Gasteiger partial charge in [-0.1, -0.05) is 0 Å². The van der Waals surface area contributed by atoms with Gasteiger partial charge < -0.3 is 10.0 Å². The summed E-state index contributed by atoms with van der Waals surface area (Å²) >= 11 is 0. The monoisotopic (exact) mass is 197 g/mol. The molecule has 2 fully saturated rings. The van der Waals surface area contributed by atoms with Crippen LogP contribution in [0.15, 0.2) is 0 Å². The van der Waals surface area contributed by atoms with Gasteiger partial charge in [-0.15, -0.1) is 0 Å². The second kappa shape index (κ2) is 3.89. The summed E-state index contributed by atoms with van der Waals surface area (Å²) in [6.07, 6.45) is 4.63. The normalized spacial score (nSPS) is 33.1. The first-order valence-corrected chi connectivity index (χ1v) is 5.64. The maximum absolute atomic E-state index is 11.8. The van der Waals surface area contributed by atoms with Crippen molar-refractivity contribution in [1.29, 1.82) is 0 Å². The highest BCUT2D eigenvalue weighted by molar-refractivity contribution is 5.77. The third-order valence-electron chi connectivity index (χ3n) is 3.34. The Labute approximate surface area is 85.1 Å². The van der Waals surface area contributed by atoms with Crippen LogP contribution >= 0.6 is 0 Å². The number of likely N-dealkylation sites (tertiary alicyclic amines) is 1. The molecule has 0 aromatic heterocycles. The van der Waals surface area contributed by atoms with Crippen LogP contribution in [0, 0.1) is 5.92 Å². The molecule has 1 N–H and O–H groups in total. The summed E-state index contributed by atoms with van der Waals surface area (Å²) < 4.78 is 0. The average Bonchev–Trinajstić information content (AvgIpc) is 2.93. The Morgan fingerprint density at radius 1 is 1.36 bits per heavy atom. The van der Waals surface area contributed by atoms with E-state index < -0.39 is 0 Å². The Bertz CT molecular complexity index is 225. The van der Waals surface area contributed by atoms with Crippen molar-refractivity contribution in [2.24, 2.45) is 5.92 Å². The quantitative estimate of drug-likeness (QED) is 0.721. The van der Waals surface area contributed by atoms with Crippen molar-refractivity contribution in [2.45, 2.75) is 51.2 Å². The highest BCUT2D eigenvalue weighted by atomic mass is 16.3. The van der Waals surface area contributed by atoms with E-state index >= 15 is 0 Å². The molecule has 1 heterocycles. The van der Waals surface area contributed by atoms with Crippen molar-refractivity contribution in [3.05, 3.63) is 0 Å². The smallest absolute Gasteiger partial charge is 0.223 e. The minimum absolute atomic E-state index is 0.249. The van der Waals surface area contributed by atoms with E-state index in [1.165, 1.54) is 12.8 Å². The standard InChI is InChI=1S/C11H19NO2/c1-8-2-5-10(13)7-12(8)11(14)6-9-3-4-9/h8-10,13H,2-7H2,1H3. The van der Waals surface area contributed by atoms with Gasteiger partial charge in [-0.25, -0.2) is 0 Å². The zero-order chi connectivity index (χ0) is 10.1. The van der Waals surface area contributed by atoms with E-state index in [-0.39, 0.29) is 12.0 Å². The molecule has 1 saturated heterocycles. The highest BCUT2D eigenvalue weighted by Gasteiger charge is 2.31. The lowest BCUT2D eigenvalue weighted by atomic mass is 10.0. The minimum atomic E-state index is -0.297. The Balaban J connectivity index is 1.88. The lowest BCUT2D eigenvalue weighted by Crippen LogP contribution is -2.47. The molecular formula is C11H19NO2. The van der Waals surface area contributed by atoms with Gasteiger partial charge in [0.05, 0.1) is 6.10 Å². The van der Waals surface area contributed by atoms with Crippen LogP contribution in [0.3, 0.4) is 0 Å². The topological polar surface area (TPSA) is 40.5 Å². The second-order valence-corrected chi connectivity index (χ2v) is 4.77. The van der Waals surface area contributed by atoms with Gasteiger partial charge in [-0.05, 0) is 38.5 Å². The predicted molar refractivity (Wildman–Crippen MR) is 53.8 cm³/mol. The molecule has 0 bridgehead atoms. The molecule has 1 aliphatic heterocycles. The fraction of sp³-hybridized carbons (Fsp3) is 0.909. The molecule has 3 nitrogen and oxygen atoms in total. The first-order chi connectivity index (χ1) is 6.66. The number of carbonyl (C=O) groups excluding carboxylic acids is 1. The van der Waals surface area contributed by atoms with E-state index in [2.05, 4.69) is 6.92 Å². The summed E-state index contributed by atoms with van der Waals surface area (Å²) in [5, 5.41) is 9.50. The molecule has 0 aromatic carbocycles. The van der Waals surface area contributed by atoms with Gasteiger partial charge in [0.25, 0.3) is 0 Å². The fourth-order valence-corrected chi connectivity index (χ4v) is 2.12. The van der Waals surface area contributed by atoms with Gasteiger partial charge in [0.1, 0.15) is 0 Å². The Kier molecular flexibility index (Phi) is 2.77. The van der Waals surface area contributed by atoms with Crippen LogP contribution in [0.2, 0.25) is 0 Å². The summed E-state index contributed by atoms with van der Waals surface area (Å²) in [7, 11) is 0. The van der Waals surface area contributed by atoms with Gasteiger partial charge >= 0.3 is 0 Å². The summed E-state index contributed by atoms with van der Waals surface area (Å²) in [5.74, 6) is 0.896. The molecule has 2 rings (SSSR count). The molecule has 1 saturated carbocycles. The summed E-state index contributed by atoms with van der Waals surface area (Å²) in [5.41, 5.74) is 0. The van der Waals surface area contributed by atoms with E-state index in [1.54, 1.807) is 0 Å². The third-order valence-corrected chi connectivity index (χ3v) is 3.34. The molecule has 0 aromatic rings. The molecule has 14 heavy (non-hydrogen) atoms. The van der Waals surface area contributed by atoms with Crippen molar-refractivity contribution >= 4 is 5.91 Å². The average molecular weight is 197 g/mol. The van der Waals surface area contributed by atoms with Gasteiger partial charge in [-0.2, -0.15) is 0 Å². The first kappa shape index (κ1) is 9.97. The molecule has 80 valence electrons. The number of hydrogen-bond donors (Lipinski definition) is 1. The Morgan fingerprint density at radius 3 is 2.71 bits per heavy atom. The molecule has 3 heteroatoms. The van der Waals surface area contributed by atoms with Crippen molar-refractivity contribution in [1.82, 2.24) is 4.90 Å². The van der Waals surface area contributed by atoms with Crippen LogP contribution in [-0.2, 0) is 4.79 Å². The number of nitrogens with zero attached hydrogens (tertiary/aromatic N) is 1. The molecule has 2 unspecified atom stereocenters. The largest absolute Gasteiger partial charge is 0.391 e. The summed E-state index contributed by atoms with van der Waals surface area (Å²) in [4.78, 5) is 13.7. The van der Waals surface area contributed by atoms with E-state index in [0.717, 1.165) is 12.8 Å². The van der Waals surface area contributed by atoms with Crippen LogP contribution in [0.5, 0.6) is 0 Å². The molecular weight excluding hydrogens is 178 g/mol. The molecule has 2 aliphatic rings. The van der Waals surface area contributed by atoms with E-state index in [9.17, 15) is 9.90 Å². The lowest BCUT2D eigenvalue weighted by molar-refractivity contribution is -0.137. The molecule has 2 atom stereocenters. The first-order valence-electron chi connectivity index (χ1n) is 5.64. The molecule has 1 aliphatic carbocycles. The number of piperidine rings is 1. The van der Waals surface area contributed by atoms with Crippen molar-refractivity contribution < 1.29 is 9.90 Å². The van der Waals surface area contributed by atoms with Crippen molar-refractivity contribution in [3.8, 4) is 0 Å². The number of aliphatic hydroxyl groups is 1. The maximum Gasteiger partial charge on any atom is 0.223 e. The number of rotatable bonds is 2. The van der Waals surface area contributed by atoms with Gasteiger partial charge in [0.15, 0.2) is 0 Å². The minimum Gasteiger partial charge on any atom is -0.391 e. The van der Waals surface area contributed by atoms with Crippen molar-refractivity contribution in [3.63, 3.8) is 0 Å². The van der Waals surface area contributed by atoms with E-state index in [4.69, 9.17) is 0 Å². The highest BCUT2D eigenvalue weighted by Crippen LogP contribution is 2.33. The number of aliphatic hydroxyl groups excluding tert-OH is 1.